The van der Waals surface area contributed by atoms with E-state index in [1.807, 2.05) is 9.80 Å². The number of nitrogens with one attached hydrogen (secondary N) is 1. The Hall–Kier alpha value is -2.08. The SMILES string of the molecule is CC(NC(=O)N1CCC(CC(=O)N2CCN(C)CC2)CC1)C1(c2ccccc2)CCCC1. The molecule has 0 radical (unpaired) electrons. The standard InChI is InChI=1S/C26H40N4O2/c1-21(26(12-6-7-13-26)23-8-4-3-5-9-23)27-25(32)30-14-10-22(11-15-30)20-24(31)29-18-16-28(2)17-19-29/h3-5,8-9,21-22H,6-7,10-20H2,1-2H3,(H,27,32). The number of carbonyl (C=O) groups excluding carboxylic acids is 2. The molecule has 1 aromatic carbocycles. The molecule has 4 rings (SSSR count). The molecule has 1 aromatic rings. The molecule has 3 amide bonds. The number of urea groups is 1. The van der Waals surface area contributed by atoms with Crippen LogP contribution in [0, 0.1) is 5.92 Å². The van der Waals surface area contributed by atoms with Gasteiger partial charge in [-0.05, 0) is 51.1 Å². The molecule has 0 spiro atoms. The fourth-order valence-corrected chi connectivity index (χ4v) is 5.93. The lowest BCUT2D eigenvalue weighted by molar-refractivity contribution is -0.134. The summed E-state index contributed by atoms with van der Waals surface area (Å²) in [6.45, 7) is 7.29. The molecule has 176 valence electrons. The highest BCUT2D eigenvalue weighted by molar-refractivity contribution is 5.77. The Labute approximate surface area is 193 Å². The average molecular weight is 441 g/mol. The van der Waals surface area contributed by atoms with Crippen LogP contribution in [0.2, 0.25) is 0 Å². The van der Waals surface area contributed by atoms with Crippen LogP contribution < -0.4 is 5.32 Å². The zero-order valence-corrected chi connectivity index (χ0v) is 19.9. The fourth-order valence-electron chi connectivity index (χ4n) is 5.93. The van der Waals surface area contributed by atoms with E-state index in [0.717, 1.165) is 65.0 Å². The summed E-state index contributed by atoms with van der Waals surface area (Å²) >= 11 is 0. The van der Waals surface area contributed by atoms with Crippen LogP contribution in [0.4, 0.5) is 4.79 Å². The van der Waals surface area contributed by atoms with Gasteiger partial charge in [0.05, 0.1) is 0 Å². The van der Waals surface area contributed by atoms with Crippen molar-refractivity contribution < 1.29 is 9.59 Å². The maximum atomic E-state index is 13.1. The van der Waals surface area contributed by atoms with E-state index in [1.54, 1.807) is 0 Å². The summed E-state index contributed by atoms with van der Waals surface area (Å²) in [7, 11) is 2.11. The van der Waals surface area contributed by atoms with Gasteiger partial charge in [0.15, 0.2) is 0 Å². The third-order valence-corrected chi connectivity index (χ3v) is 8.23. The Morgan fingerprint density at radius 2 is 1.59 bits per heavy atom. The van der Waals surface area contributed by atoms with E-state index in [4.69, 9.17) is 0 Å². The van der Waals surface area contributed by atoms with Crippen molar-refractivity contribution >= 4 is 11.9 Å². The molecule has 1 atom stereocenters. The average Bonchev–Trinajstić information content (AvgIpc) is 3.32. The van der Waals surface area contributed by atoms with E-state index in [1.165, 1.54) is 18.4 Å². The summed E-state index contributed by atoms with van der Waals surface area (Å²) in [5, 5.41) is 3.35. The molecular formula is C26H40N4O2. The minimum atomic E-state index is 0.0458. The molecule has 2 saturated heterocycles. The second-order valence-electron chi connectivity index (χ2n) is 10.2. The quantitative estimate of drug-likeness (QED) is 0.763. The summed E-state index contributed by atoms with van der Waals surface area (Å²) in [6.07, 6.45) is 7.19. The van der Waals surface area contributed by atoms with Gasteiger partial charge in [-0.1, -0.05) is 43.2 Å². The smallest absolute Gasteiger partial charge is 0.317 e. The fraction of sp³-hybridized carbons (Fsp3) is 0.692. The number of likely N-dealkylation sites (N-methyl/N-ethyl adjacent to an activating group) is 1. The van der Waals surface area contributed by atoms with Gasteiger partial charge in [-0.2, -0.15) is 0 Å². The van der Waals surface area contributed by atoms with Crippen molar-refractivity contribution in [3.8, 4) is 0 Å². The van der Waals surface area contributed by atoms with E-state index in [0.29, 0.717) is 18.2 Å². The van der Waals surface area contributed by atoms with Crippen LogP contribution >= 0.6 is 0 Å². The molecule has 0 aromatic heterocycles. The van der Waals surface area contributed by atoms with Crippen LogP contribution in [0.5, 0.6) is 0 Å². The van der Waals surface area contributed by atoms with Crippen LogP contribution in [0.1, 0.15) is 57.4 Å². The van der Waals surface area contributed by atoms with Crippen LogP contribution in [-0.4, -0.2) is 79.0 Å². The summed E-state index contributed by atoms with van der Waals surface area (Å²) in [5.74, 6) is 0.690. The van der Waals surface area contributed by atoms with E-state index in [2.05, 4.69) is 54.5 Å². The summed E-state index contributed by atoms with van der Waals surface area (Å²) < 4.78 is 0. The first kappa shape index (κ1) is 23.1. The lowest BCUT2D eigenvalue weighted by Crippen LogP contribution is -2.53. The summed E-state index contributed by atoms with van der Waals surface area (Å²) in [5.41, 5.74) is 1.40. The minimum absolute atomic E-state index is 0.0458. The third-order valence-electron chi connectivity index (χ3n) is 8.23. The highest BCUT2D eigenvalue weighted by Crippen LogP contribution is 2.43. The van der Waals surface area contributed by atoms with Crippen LogP contribution in [0.15, 0.2) is 30.3 Å². The number of benzene rings is 1. The molecule has 3 fully saturated rings. The maximum absolute atomic E-state index is 13.1. The molecule has 1 aliphatic carbocycles. The zero-order valence-electron chi connectivity index (χ0n) is 19.9. The van der Waals surface area contributed by atoms with Crippen molar-refractivity contribution in [1.82, 2.24) is 20.0 Å². The molecule has 6 nitrogen and oxygen atoms in total. The molecule has 0 bridgehead atoms. The first-order valence-corrected chi connectivity index (χ1v) is 12.6. The first-order valence-electron chi connectivity index (χ1n) is 12.6. The van der Waals surface area contributed by atoms with Gasteiger partial charge in [0.25, 0.3) is 0 Å². The normalized spacial score (nSPS) is 23.2. The van der Waals surface area contributed by atoms with E-state index in [-0.39, 0.29) is 17.5 Å². The number of carbonyl (C=O) groups is 2. The Morgan fingerprint density at radius 3 is 2.22 bits per heavy atom. The molecule has 6 heteroatoms. The Morgan fingerprint density at radius 1 is 0.969 bits per heavy atom. The van der Waals surface area contributed by atoms with Crippen molar-refractivity contribution in [3.05, 3.63) is 35.9 Å². The van der Waals surface area contributed by atoms with Crippen molar-refractivity contribution in [3.63, 3.8) is 0 Å². The lowest BCUT2D eigenvalue weighted by atomic mass is 9.73. The number of nitrogens with zero attached hydrogens (tertiary/aromatic N) is 3. The van der Waals surface area contributed by atoms with Gasteiger partial charge in [-0.3, -0.25) is 4.79 Å². The van der Waals surface area contributed by atoms with Crippen molar-refractivity contribution in [2.45, 2.75) is 63.3 Å². The maximum Gasteiger partial charge on any atom is 0.317 e. The highest BCUT2D eigenvalue weighted by Gasteiger charge is 2.41. The molecule has 1 N–H and O–H groups in total. The zero-order chi connectivity index (χ0) is 22.6. The predicted octanol–water partition coefficient (Wildman–Crippen LogP) is 3.47. The number of piperazine rings is 1. The monoisotopic (exact) mass is 440 g/mol. The largest absolute Gasteiger partial charge is 0.340 e. The number of hydrogen-bond acceptors (Lipinski definition) is 3. The first-order chi connectivity index (χ1) is 15.5. The van der Waals surface area contributed by atoms with E-state index in [9.17, 15) is 9.59 Å². The van der Waals surface area contributed by atoms with Gasteiger partial charge in [0.2, 0.25) is 5.91 Å². The molecule has 2 heterocycles. The van der Waals surface area contributed by atoms with Gasteiger partial charge in [-0.25, -0.2) is 4.79 Å². The van der Waals surface area contributed by atoms with Gasteiger partial charge >= 0.3 is 6.03 Å². The number of hydrogen-bond donors (Lipinski definition) is 1. The van der Waals surface area contributed by atoms with Crippen LogP contribution in [-0.2, 0) is 10.2 Å². The number of amides is 3. The van der Waals surface area contributed by atoms with E-state index >= 15 is 0 Å². The van der Waals surface area contributed by atoms with Crippen molar-refractivity contribution in [2.24, 2.45) is 5.92 Å². The van der Waals surface area contributed by atoms with Gasteiger partial charge < -0.3 is 20.0 Å². The van der Waals surface area contributed by atoms with Crippen molar-refractivity contribution in [2.75, 3.05) is 46.3 Å². The highest BCUT2D eigenvalue weighted by atomic mass is 16.2. The van der Waals surface area contributed by atoms with Crippen LogP contribution in [0.25, 0.3) is 0 Å². The predicted molar refractivity (Wildman–Crippen MR) is 128 cm³/mol. The minimum Gasteiger partial charge on any atom is -0.340 e. The van der Waals surface area contributed by atoms with Gasteiger partial charge in [-0.15, -0.1) is 0 Å². The Balaban J connectivity index is 1.27. The van der Waals surface area contributed by atoms with Gasteiger partial charge in [0, 0.05) is 57.1 Å². The molecule has 1 unspecified atom stereocenters. The molecule has 32 heavy (non-hydrogen) atoms. The Kier molecular flexibility index (Phi) is 7.39. The number of rotatable bonds is 5. The topological polar surface area (TPSA) is 55.9 Å². The van der Waals surface area contributed by atoms with Gasteiger partial charge in [0.1, 0.15) is 0 Å². The van der Waals surface area contributed by atoms with Crippen molar-refractivity contribution in [1.29, 1.82) is 0 Å². The summed E-state index contributed by atoms with van der Waals surface area (Å²) in [4.78, 5) is 32.0. The molecule has 3 aliphatic rings. The van der Waals surface area contributed by atoms with E-state index < -0.39 is 0 Å². The lowest BCUT2D eigenvalue weighted by Gasteiger charge is -2.39. The number of likely N-dealkylation sites (tertiary alicyclic amines) is 1. The number of piperidine rings is 1. The third kappa shape index (κ3) is 5.11. The molecule has 2 aliphatic heterocycles. The Bertz CT molecular complexity index is 761. The molecular weight excluding hydrogens is 400 g/mol. The van der Waals surface area contributed by atoms with Crippen LogP contribution in [0.3, 0.4) is 0 Å². The molecule has 1 saturated carbocycles. The second kappa shape index (κ2) is 10.2. The summed E-state index contributed by atoms with van der Waals surface area (Å²) in [6, 6.07) is 10.9. The second-order valence-corrected chi connectivity index (χ2v) is 10.2.